The molecule has 112 valence electrons. The number of amides is 1. The van der Waals surface area contributed by atoms with Crippen LogP contribution in [0.5, 0.6) is 0 Å². The number of nitrogens with zero attached hydrogens (tertiary/aromatic N) is 1. The molecule has 0 unspecified atom stereocenters. The molecule has 1 aliphatic rings. The standard InChI is InChI=1S/C16H20N2OS2/c1-16(2)5-6-18(7-8-20-16)15(19)14-10-11-9-12(17)3-4-13(11)21-14/h3-4,9-10H,5-8,17H2,1-2H3. The van der Waals surface area contributed by atoms with E-state index in [9.17, 15) is 4.79 Å². The fourth-order valence-corrected chi connectivity index (χ4v) is 4.66. The van der Waals surface area contributed by atoms with Crippen LogP contribution in [0.15, 0.2) is 24.3 Å². The maximum Gasteiger partial charge on any atom is 0.263 e. The number of rotatable bonds is 1. The number of nitrogen functional groups attached to an aromatic ring is 1. The highest BCUT2D eigenvalue weighted by Crippen LogP contribution is 2.32. The van der Waals surface area contributed by atoms with Crippen LogP contribution in [0.2, 0.25) is 0 Å². The summed E-state index contributed by atoms with van der Waals surface area (Å²) in [4.78, 5) is 15.5. The molecule has 1 aromatic heterocycles. The zero-order valence-corrected chi connectivity index (χ0v) is 14.0. The van der Waals surface area contributed by atoms with Crippen LogP contribution in [-0.4, -0.2) is 34.4 Å². The lowest BCUT2D eigenvalue weighted by Crippen LogP contribution is -2.33. The fourth-order valence-electron chi connectivity index (χ4n) is 2.55. The zero-order chi connectivity index (χ0) is 15.0. The lowest BCUT2D eigenvalue weighted by Gasteiger charge is -2.22. The van der Waals surface area contributed by atoms with Gasteiger partial charge in [-0.25, -0.2) is 0 Å². The second-order valence-electron chi connectivity index (χ2n) is 6.06. The summed E-state index contributed by atoms with van der Waals surface area (Å²) in [6.07, 6.45) is 1.04. The Bertz CT molecular complexity index is 678. The molecule has 0 saturated carbocycles. The number of hydrogen-bond donors (Lipinski definition) is 1. The third-order valence-electron chi connectivity index (χ3n) is 3.88. The highest BCUT2D eigenvalue weighted by Gasteiger charge is 2.27. The summed E-state index contributed by atoms with van der Waals surface area (Å²) < 4.78 is 1.39. The molecule has 0 bridgehead atoms. The van der Waals surface area contributed by atoms with Crippen LogP contribution in [0.3, 0.4) is 0 Å². The molecule has 1 aliphatic heterocycles. The van der Waals surface area contributed by atoms with E-state index in [0.717, 1.165) is 45.9 Å². The summed E-state index contributed by atoms with van der Waals surface area (Å²) in [5.74, 6) is 1.17. The molecule has 1 aromatic carbocycles. The minimum absolute atomic E-state index is 0.160. The second kappa shape index (κ2) is 5.54. The van der Waals surface area contributed by atoms with E-state index in [1.54, 1.807) is 11.3 Å². The van der Waals surface area contributed by atoms with Gasteiger partial charge in [0.1, 0.15) is 0 Å². The van der Waals surface area contributed by atoms with E-state index in [2.05, 4.69) is 13.8 Å². The molecule has 5 heteroatoms. The minimum Gasteiger partial charge on any atom is -0.399 e. The van der Waals surface area contributed by atoms with Crippen LogP contribution in [0.4, 0.5) is 5.69 Å². The molecule has 1 amide bonds. The Labute approximate surface area is 133 Å². The number of hydrogen-bond acceptors (Lipinski definition) is 4. The van der Waals surface area contributed by atoms with Crippen molar-refractivity contribution >= 4 is 44.8 Å². The van der Waals surface area contributed by atoms with Crippen LogP contribution in [0.1, 0.15) is 29.9 Å². The first-order chi connectivity index (χ1) is 9.94. The topological polar surface area (TPSA) is 46.3 Å². The summed E-state index contributed by atoms with van der Waals surface area (Å²) in [6.45, 7) is 6.19. The van der Waals surface area contributed by atoms with Gasteiger partial charge in [0.05, 0.1) is 4.88 Å². The Morgan fingerprint density at radius 1 is 1.29 bits per heavy atom. The predicted molar refractivity (Wildman–Crippen MR) is 93.3 cm³/mol. The van der Waals surface area contributed by atoms with Crippen LogP contribution < -0.4 is 5.73 Å². The van der Waals surface area contributed by atoms with Gasteiger partial charge in [-0.05, 0) is 36.1 Å². The van der Waals surface area contributed by atoms with Crippen molar-refractivity contribution in [2.45, 2.75) is 25.0 Å². The SMILES string of the molecule is CC1(C)CCN(C(=O)c2cc3cc(N)ccc3s2)CCS1. The smallest absolute Gasteiger partial charge is 0.263 e. The van der Waals surface area contributed by atoms with Crippen molar-refractivity contribution in [1.29, 1.82) is 0 Å². The first kappa shape index (κ1) is 14.7. The third kappa shape index (κ3) is 3.19. The highest BCUT2D eigenvalue weighted by atomic mass is 32.2. The number of carbonyl (C=O) groups excluding carboxylic acids is 1. The lowest BCUT2D eigenvalue weighted by atomic mass is 10.1. The van der Waals surface area contributed by atoms with Gasteiger partial charge >= 0.3 is 0 Å². The van der Waals surface area contributed by atoms with Crippen molar-refractivity contribution in [1.82, 2.24) is 4.90 Å². The molecular formula is C16H20N2OS2. The Kier molecular flexibility index (Phi) is 3.88. The lowest BCUT2D eigenvalue weighted by molar-refractivity contribution is 0.0769. The first-order valence-electron chi connectivity index (χ1n) is 7.17. The number of carbonyl (C=O) groups is 1. The number of fused-ring (bicyclic) bond motifs is 1. The molecule has 2 heterocycles. The quantitative estimate of drug-likeness (QED) is 0.812. The maximum atomic E-state index is 12.7. The summed E-state index contributed by atoms with van der Waals surface area (Å²) in [5.41, 5.74) is 6.55. The summed E-state index contributed by atoms with van der Waals surface area (Å²) in [7, 11) is 0. The molecule has 21 heavy (non-hydrogen) atoms. The van der Waals surface area contributed by atoms with E-state index in [4.69, 9.17) is 5.73 Å². The van der Waals surface area contributed by atoms with Gasteiger partial charge in [-0.2, -0.15) is 11.8 Å². The molecule has 2 aromatic rings. The number of nitrogens with two attached hydrogens (primary N) is 1. The van der Waals surface area contributed by atoms with Crippen molar-refractivity contribution < 1.29 is 4.79 Å². The van der Waals surface area contributed by atoms with Crippen LogP contribution in [0, 0.1) is 0 Å². The number of thioether (sulfide) groups is 1. The minimum atomic E-state index is 0.160. The van der Waals surface area contributed by atoms with Crippen molar-refractivity contribution in [3.05, 3.63) is 29.1 Å². The van der Waals surface area contributed by atoms with Crippen molar-refractivity contribution in [3.63, 3.8) is 0 Å². The molecule has 3 rings (SSSR count). The van der Waals surface area contributed by atoms with Gasteiger partial charge in [-0.15, -0.1) is 11.3 Å². The normalized spacial score (nSPS) is 18.7. The van der Waals surface area contributed by atoms with Crippen molar-refractivity contribution in [2.24, 2.45) is 0 Å². The van der Waals surface area contributed by atoms with E-state index in [1.807, 2.05) is 40.9 Å². The Balaban J connectivity index is 1.83. The highest BCUT2D eigenvalue weighted by molar-refractivity contribution is 8.00. The van der Waals surface area contributed by atoms with Gasteiger partial charge in [0.15, 0.2) is 0 Å². The number of anilines is 1. The van der Waals surface area contributed by atoms with E-state index in [0.29, 0.717) is 0 Å². The average molecular weight is 320 g/mol. The monoisotopic (exact) mass is 320 g/mol. The van der Waals surface area contributed by atoms with Crippen molar-refractivity contribution in [2.75, 3.05) is 24.6 Å². The van der Waals surface area contributed by atoms with Crippen molar-refractivity contribution in [3.8, 4) is 0 Å². The molecule has 1 saturated heterocycles. The predicted octanol–water partition coefficient (Wildman–Crippen LogP) is 3.84. The van der Waals surface area contributed by atoms with Crippen LogP contribution in [0.25, 0.3) is 10.1 Å². The van der Waals surface area contributed by atoms with Gasteiger partial charge in [0.2, 0.25) is 0 Å². The molecule has 0 aliphatic carbocycles. The van der Waals surface area contributed by atoms with E-state index in [-0.39, 0.29) is 10.7 Å². The van der Waals surface area contributed by atoms with E-state index >= 15 is 0 Å². The summed E-state index contributed by atoms with van der Waals surface area (Å²) in [6, 6.07) is 7.79. The van der Waals surface area contributed by atoms with E-state index in [1.165, 1.54) is 0 Å². The van der Waals surface area contributed by atoms with Crippen LogP contribution >= 0.6 is 23.1 Å². The number of benzene rings is 1. The summed E-state index contributed by atoms with van der Waals surface area (Å²) >= 11 is 3.52. The maximum absolute atomic E-state index is 12.7. The summed E-state index contributed by atoms with van der Waals surface area (Å²) in [5, 5.41) is 1.06. The fraction of sp³-hybridized carbons (Fsp3) is 0.438. The third-order valence-corrected chi connectivity index (χ3v) is 6.35. The van der Waals surface area contributed by atoms with Gasteiger partial charge in [-0.3, -0.25) is 4.79 Å². The van der Waals surface area contributed by atoms with Gasteiger partial charge in [0, 0.05) is 34.0 Å². The largest absolute Gasteiger partial charge is 0.399 e. The van der Waals surface area contributed by atoms with E-state index < -0.39 is 0 Å². The van der Waals surface area contributed by atoms with Crippen LogP contribution in [-0.2, 0) is 0 Å². The zero-order valence-electron chi connectivity index (χ0n) is 12.4. The Hall–Kier alpha value is -1.20. The first-order valence-corrected chi connectivity index (χ1v) is 8.97. The molecule has 2 N–H and O–H groups in total. The molecule has 0 spiro atoms. The second-order valence-corrected chi connectivity index (χ2v) is 8.94. The molecule has 1 fully saturated rings. The Morgan fingerprint density at radius 2 is 2.10 bits per heavy atom. The number of thiophene rings is 1. The molecule has 0 atom stereocenters. The Morgan fingerprint density at radius 3 is 2.90 bits per heavy atom. The molecular weight excluding hydrogens is 300 g/mol. The van der Waals surface area contributed by atoms with Gasteiger partial charge in [0.25, 0.3) is 5.91 Å². The molecule has 3 nitrogen and oxygen atoms in total. The van der Waals surface area contributed by atoms with Gasteiger partial charge in [-0.1, -0.05) is 13.8 Å². The molecule has 0 radical (unpaired) electrons. The average Bonchev–Trinajstić information content (AvgIpc) is 2.75. The van der Waals surface area contributed by atoms with Gasteiger partial charge < -0.3 is 10.6 Å².